The minimum Gasteiger partial charge on any atom is -0.478 e. The highest BCUT2D eigenvalue weighted by atomic mass is 16.4. The topological polar surface area (TPSA) is 40.5 Å². The molecule has 2 unspecified atom stereocenters. The SMILES string of the molecule is [2H]C1CC=C(C(=O)O)C([2H])N1C([2H])([2H])[2H]. The van der Waals surface area contributed by atoms with Crippen LogP contribution in [0.5, 0.6) is 0 Å². The van der Waals surface area contributed by atoms with E-state index in [1.165, 1.54) is 6.08 Å². The first-order valence-electron chi connectivity index (χ1n) is 5.47. The van der Waals surface area contributed by atoms with E-state index in [0.717, 1.165) is 0 Å². The lowest BCUT2D eigenvalue weighted by Crippen LogP contribution is -2.28. The summed E-state index contributed by atoms with van der Waals surface area (Å²) in [5, 5.41) is 8.72. The highest BCUT2D eigenvalue weighted by Gasteiger charge is 2.13. The largest absolute Gasteiger partial charge is 0.478 e. The van der Waals surface area contributed by atoms with Gasteiger partial charge in [-0.15, -0.1) is 0 Å². The molecule has 0 aromatic carbocycles. The molecule has 0 saturated heterocycles. The number of hydrogen-bond donors (Lipinski definition) is 1. The Morgan fingerprint density at radius 1 is 2.10 bits per heavy atom. The summed E-state index contributed by atoms with van der Waals surface area (Å²) in [6.07, 6.45) is 1.25. The quantitative estimate of drug-likeness (QED) is 0.579. The Labute approximate surface area is 67.0 Å². The zero-order valence-corrected chi connectivity index (χ0v) is 5.24. The third-order valence-electron chi connectivity index (χ3n) is 1.16. The van der Waals surface area contributed by atoms with Gasteiger partial charge < -0.3 is 10.0 Å². The molecule has 3 nitrogen and oxygen atoms in total. The van der Waals surface area contributed by atoms with Gasteiger partial charge in [0.15, 0.2) is 0 Å². The molecular formula is C7H11NO2. The highest BCUT2D eigenvalue weighted by Crippen LogP contribution is 2.06. The molecule has 0 fully saturated rings. The van der Waals surface area contributed by atoms with Crippen molar-refractivity contribution in [2.45, 2.75) is 6.42 Å². The fourth-order valence-electron chi connectivity index (χ4n) is 0.691. The zero-order chi connectivity index (χ0) is 11.8. The Hall–Kier alpha value is -0.830. The van der Waals surface area contributed by atoms with Crippen molar-refractivity contribution in [2.24, 2.45) is 0 Å². The van der Waals surface area contributed by atoms with Gasteiger partial charge in [0, 0.05) is 25.5 Å². The Morgan fingerprint density at radius 3 is 3.50 bits per heavy atom. The van der Waals surface area contributed by atoms with Crippen molar-refractivity contribution in [1.29, 1.82) is 0 Å². The normalized spacial score (nSPS) is 43.6. The average molecular weight is 146 g/mol. The van der Waals surface area contributed by atoms with Gasteiger partial charge in [0.1, 0.15) is 0 Å². The molecule has 56 valence electrons. The highest BCUT2D eigenvalue weighted by molar-refractivity contribution is 5.87. The monoisotopic (exact) mass is 146 g/mol. The predicted octanol–water partition coefficient (Wildman–Crippen LogP) is 0.333. The second-order valence-electron chi connectivity index (χ2n) is 1.92. The van der Waals surface area contributed by atoms with Gasteiger partial charge in [0.2, 0.25) is 0 Å². The van der Waals surface area contributed by atoms with E-state index in [-0.39, 0.29) is 12.0 Å². The number of rotatable bonds is 1. The van der Waals surface area contributed by atoms with Crippen LogP contribution in [0.1, 0.15) is 13.3 Å². The van der Waals surface area contributed by atoms with E-state index in [1.807, 2.05) is 0 Å². The molecule has 3 heteroatoms. The number of carboxylic acid groups (broad SMARTS) is 1. The van der Waals surface area contributed by atoms with Crippen LogP contribution in [0.25, 0.3) is 0 Å². The first kappa shape index (κ1) is 3.05. The molecule has 1 rings (SSSR count). The molecular weight excluding hydrogens is 130 g/mol. The van der Waals surface area contributed by atoms with Crippen LogP contribution in [0, 0.1) is 0 Å². The molecule has 0 bridgehead atoms. The lowest BCUT2D eigenvalue weighted by atomic mass is 10.1. The van der Waals surface area contributed by atoms with Crippen molar-refractivity contribution in [3.05, 3.63) is 11.6 Å². The number of carboxylic acids is 1. The summed E-state index contributed by atoms with van der Waals surface area (Å²) < 4.78 is 36.3. The van der Waals surface area contributed by atoms with E-state index in [4.69, 9.17) is 12.0 Å². The van der Waals surface area contributed by atoms with Crippen molar-refractivity contribution in [3.8, 4) is 0 Å². The molecule has 0 amide bonds. The number of likely N-dealkylation sites (N-methyl/N-ethyl adjacent to an activating group) is 1. The molecule has 1 heterocycles. The van der Waals surface area contributed by atoms with Crippen molar-refractivity contribution in [2.75, 3.05) is 20.0 Å². The third-order valence-corrected chi connectivity index (χ3v) is 1.16. The van der Waals surface area contributed by atoms with Crippen molar-refractivity contribution >= 4 is 5.97 Å². The summed E-state index contributed by atoms with van der Waals surface area (Å²) in [5.74, 6) is -1.31. The standard InChI is InChI=1S/C7H11NO2/c1-8-4-2-3-6(5-8)7(9)10/h3H,2,4-5H2,1H3,(H,9,10)/i1D3,4D,5D. The molecule has 1 N–H and O–H groups in total. The van der Waals surface area contributed by atoms with Crippen LogP contribution >= 0.6 is 0 Å². The Morgan fingerprint density at radius 2 is 2.90 bits per heavy atom. The first-order valence-corrected chi connectivity index (χ1v) is 2.81. The predicted molar refractivity (Wildman–Crippen MR) is 37.8 cm³/mol. The fraction of sp³-hybridized carbons (Fsp3) is 0.571. The Bertz CT molecular complexity index is 300. The summed E-state index contributed by atoms with van der Waals surface area (Å²) >= 11 is 0. The van der Waals surface area contributed by atoms with Crippen LogP contribution in [0.15, 0.2) is 11.6 Å². The molecule has 1 aliphatic rings. The summed E-state index contributed by atoms with van der Waals surface area (Å²) in [7, 11) is 0. The van der Waals surface area contributed by atoms with E-state index >= 15 is 0 Å². The second-order valence-corrected chi connectivity index (χ2v) is 1.92. The number of carbonyl (C=O) groups is 1. The maximum atomic E-state index is 10.7. The lowest BCUT2D eigenvalue weighted by molar-refractivity contribution is -0.133. The molecule has 0 aromatic rings. The maximum absolute atomic E-state index is 10.7. The lowest BCUT2D eigenvalue weighted by Gasteiger charge is -2.20. The smallest absolute Gasteiger partial charge is 0.332 e. The minimum absolute atomic E-state index is 0.00933. The van der Waals surface area contributed by atoms with Crippen LogP contribution < -0.4 is 0 Å². The summed E-state index contributed by atoms with van der Waals surface area (Å²) in [6.45, 7) is -5.22. The van der Waals surface area contributed by atoms with Gasteiger partial charge in [0.25, 0.3) is 0 Å². The van der Waals surface area contributed by atoms with Crippen LogP contribution in [0.2, 0.25) is 0 Å². The summed E-state index contributed by atoms with van der Waals surface area (Å²) in [4.78, 5) is 11.3. The molecule has 0 aromatic heterocycles. The van der Waals surface area contributed by atoms with Gasteiger partial charge in [0.05, 0.1) is 0 Å². The number of nitrogens with zero attached hydrogens (tertiary/aromatic N) is 1. The summed E-state index contributed by atoms with van der Waals surface area (Å²) in [6, 6.07) is 0. The molecule has 0 radical (unpaired) electrons. The van der Waals surface area contributed by atoms with Crippen LogP contribution in [0.3, 0.4) is 0 Å². The van der Waals surface area contributed by atoms with Crippen LogP contribution in [0.4, 0.5) is 0 Å². The molecule has 0 saturated carbocycles. The van der Waals surface area contributed by atoms with Crippen molar-refractivity contribution < 1.29 is 16.8 Å². The van der Waals surface area contributed by atoms with Crippen molar-refractivity contribution in [1.82, 2.24) is 4.90 Å². The van der Waals surface area contributed by atoms with Gasteiger partial charge in [-0.3, -0.25) is 0 Å². The Kier molecular flexibility index (Phi) is 0.864. The molecule has 2 atom stereocenters. The van der Waals surface area contributed by atoms with E-state index in [0.29, 0.717) is 4.90 Å². The van der Waals surface area contributed by atoms with E-state index in [2.05, 4.69) is 0 Å². The van der Waals surface area contributed by atoms with Gasteiger partial charge in [-0.2, -0.15) is 0 Å². The van der Waals surface area contributed by atoms with Crippen molar-refractivity contribution in [3.63, 3.8) is 0 Å². The first-order chi connectivity index (χ1) is 6.75. The number of aliphatic carboxylic acids is 1. The van der Waals surface area contributed by atoms with Gasteiger partial charge >= 0.3 is 5.97 Å². The van der Waals surface area contributed by atoms with E-state index in [9.17, 15) is 4.79 Å². The average Bonchev–Trinajstić information content (AvgIpc) is 2.00. The zero-order valence-electron chi connectivity index (χ0n) is 10.2. The Balaban J connectivity index is 3.01. The second kappa shape index (κ2) is 2.84. The van der Waals surface area contributed by atoms with E-state index < -0.39 is 26.0 Å². The summed E-state index contributed by atoms with van der Waals surface area (Å²) in [5.41, 5.74) is -0.283. The minimum atomic E-state index is -2.62. The third kappa shape index (κ3) is 1.57. The van der Waals surface area contributed by atoms with Crippen LogP contribution in [-0.4, -0.2) is 36.0 Å². The molecule has 1 aliphatic heterocycles. The van der Waals surface area contributed by atoms with Crippen LogP contribution in [-0.2, 0) is 4.79 Å². The van der Waals surface area contributed by atoms with E-state index in [1.54, 1.807) is 0 Å². The molecule has 0 aliphatic carbocycles. The molecule has 10 heavy (non-hydrogen) atoms. The molecule has 0 spiro atoms. The number of hydrogen-bond acceptors (Lipinski definition) is 2. The van der Waals surface area contributed by atoms with Gasteiger partial charge in [-0.1, -0.05) is 6.08 Å². The van der Waals surface area contributed by atoms with Gasteiger partial charge in [-0.05, 0) is 13.4 Å². The maximum Gasteiger partial charge on any atom is 0.332 e. The van der Waals surface area contributed by atoms with Gasteiger partial charge in [-0.25, -0.2) is 4.79 Å². The fourth-order valence-corrected chi connectivity index (χ4v) is 0.691.